The fourth-order valence-electron chi connectivity index (χ4n) is 1.81. The molecule has 1 saturated carbocycles. The summed E-state index contributed by atoms with van der Waals surface area (Å²) in [6.45, 7) is 1.34. The van der Waals surface area contributed by atoms with Crippen LogP contribution in [-0.4, -0.2) is 48.2 Å². The van der Waals surface area contributed by atoms with Gasteiger partial charge in [0.25, 0.3) is 0 Å². The Morgan fingerprint density at radius 2 is 1.83 bits per heavy atom. The second kappa shape index (κ2) is 6.06. The van der Waals surface area contributed by atoms with Crippen LogP contribution in [0.1, 0.15) is 12.8 Å². The second-order valence-corrected chi connectivity index (χ2v) is 5.78. The van der Waals surface area contributed by atoms with E-state index >= 15 is 0 Å². The van der Waals surface area contributed by atoms with E-state index in [1.165, 1.54) is 0 Å². The van der Waals surface area contributed by atoms with E-state index in [1.807, 2.05) is 16.7 Å². The number of alkyl halides is 3. The molecule has 1 saturated heterocycles. The van der Waals surface area contributed by atoms with Gasteiger partial charge in [0.05, 0.1) is 12.0 Å². The van der Waals surface area contributed by atoms with Crippen LogP contribution in [0.25, 0.3) is 0 Å². The first kappa shape index (κ1) is 16.2. The molecule has 1 heterocycles. The van der Waals surface area contributed by atoms with Gasteiger partial charge in [-0.2, -0.15) is 24.9 Å². The fraction of sp³-hybridized carbons (Fsp3) is 0.900. The molecule has 2 fully saturated rings. The number of thioether (sulfide) groups is 1. The highest BCUT2D eigenvalue weighted by molar-refractivity contribution is 14.0. The van der Waals surface area contributed by atoms with Gasteiger partial charge < -0.3 is 10.6 Å². The minimum absolute atomic E-state index is 0. The molecule has 0 aromatic rings. The van der Waals surface area contributed by atoms with E-state index in [2.05, 4.69) is 4.99 Å². The number of rotatable bonds is 2. The smallest absolute Gasteiger partial charge is 0.370 e. The van der Waals surface area contributed by atoms with E-state index in [0.717, 1.165) is 24.6 Å². The Morgan fingerprint density at radius 3 is 2.28 bits per heavy atom. The van der Waals surface area contributed by atoms with Crippen molar-refractivity contribution in [2.45, 2.75) is 19.0 Å². The van der Waals surface area contributed by atoms with E-state index in [-0.39, 0.29) is 49.3 Å². The first-order chi connectivity index (χ1) is 7.95. The zero-order valence-corrected chi connectivity index (χ0v) is 13.0. The molecule has 1 aliphatic carbocycles. The third kappa shape index (κ3) is 3.58. The lowest BCUT2D eigenvalue weighted by molar-refractivity contribution is -0.183. The molecule has 8 heteroatoms. The number of hydrogen-bond donors (Lipinski definition) is 1. The zero-order valence-electron chi connectivity index (χ0n) is 9.87. The monoisotopic (exact) mass is 395 g/mol. The standard InChI is InChI=1S/C10H16F3N3S.HI/c11-10(12,13)9(1-2-9)7-15-8(14)16-3-5-17-6-4-16;/h1-7H2,(H2,14,15);1H. The summed E-state index contributed by atoms with van der Waals surface area (Å²) in [5, 5.41) is 0. The quantitative estimate of drug-likeness (QED) is 0.443. The van der Waals surface area contributed by atoms with Gasteiger partial charge in [-0.1, -0.05) is 0 Å². The summed E-state index contributed by atoms with van der Waals surface area (Å²) in [5.41, 5.74) is 4.14. The SMILES string of the molecule is I.NC(=NCC1(C(F)(F)F)CC1)N1CCSCC1. The molecule has 2 N–H and O–H groups in total. The van der Waals surface area contributed by atoms with Crippen molar-refractivity contribution in [2.24, 2.45) is 16.1 Å². The number of halogens is 4. The highest BCUT2D eigenvalue weighted by atomic mass is 127. The summed E-state index contributed by atoms with van der Waals surface area (Å²) >= 11 is 1.82. The average Bonchev–Trinajstić information content (AvgIpc) is 3.07. The molecule has 2 aliphatic rings. The van der Waals surface area contributed by atoms with Crippen molar-refractivity contribution in [1.29, 1.82) is 0 Å². The number of aliphatic imine (C=N–C) groups is 1. The molecule has 0 unspecified atom stereocenters. The zero-order chi connectivity index (χ0) is 12.5. The van der Waals surface area contributed by atoms with Crippen molar-refractivity contribution in [2.75, 3.05) is 31.1 Å². The Hall–Kier alpha value is 0.140. The Labute approximate surface area is 126 Å². The molecule has 0 atom stereocenters. The van der Waals surface area contributed by atoms with E-state index in [4.69, 9.17) is 5.73 Å². The van der Waals surface area contributed by atoms with Gasteiger partial charge in [0, 0.05) is 24.6 Å². The van der Waals surface area contributed by atoms with Crippen LogP contribution < -0.4 is 5.73 Å². The predicted octanol–water partition coefficient (Wildman–Crippen LogP) is 2.31. The normalized spacial score (nSPS) is 23.5. The van der Waals surface area contributed by atoms with E-state index in [0.29, 0.717) is 0 Å². The van der Waals surface area contributed by atoms with Crippen LogP contribution in [0, 0.1) is 5.41 Å². The van der Waals surface area contributed by atoms with E-state index < -0.39 is 11.6 Å². The maximum atomic E-state index is 12.7. The molecular weight excluding hydrogens is 378 g/mol. The number of nitrogens with zero attached hydrogens (tertiary/aromatic N) is 2. The van der Waals surface area contributed by atoms with Crippen LogP contribution in [0.5, 0.6) is 0 Å². The van der Waals surface area contributed by atoms with Gasteiger partial charge >= 0.3 is 6.18 Å². The third-order valence-electron chi connectivity index (χ3n) is 3.33. The topological polar surface area (TPSA) is 41.6 Å². The summed E-state index contributed by atoms with van der Waals surface area (Å²) in [6, 6.07) is 0. The minimum Gasteiger partial charge on any atom is -0.370 e. The molecule has 0 radical (unpaired) electrons. The van der Waals surface area contributed by atoms with Gasteiger partial charge in [0.1, 0.15) is 0 Å². The minimum atomic E-state index is -4.14. The molecular formula is C10H17F3IN3S. The largest absolute Gasteiger partial charge is 0.396 e. The van der Waals surface area contributed by atoms with Crippen molar-refractivity contribution in [3.8, 4) is 0 Å². The molecule has 106 valence electrons. The average molecular weight is 395 g/mol. The number of nitrogens with two attached hydrogens (primary N) is 1. The summed E-state index contributed by atoms with van der Waals surface area (Å²) in [7, 11) is 0. The van der Waals surface area contributed by atoms with Crippen LogP contribution >= 0.6 is 35.7 Å². The Balaban J connectivity index is 0.00000162. The lowest BCUT2D eigenvalue weighted by Gasteiger charge is -2.27. The fourth-order valence-corrected chi connectivity index (χ4v) is 2.71. The Bertz CT molecular complexity index is 312. The van der Waals surface area contributed by atoms with Gasteiger partial charge in [-0.05, 0) is 12.8 Å². The Morgan fingerprint density at radius 1 is 1.28 bits per heavy atom. The van der Waals surface area contributed by atoms with Gasteiger partial charge in [-0.25, -0.2) is 0 Å². The van der Waals surface area contributed by atoms with Crippen molar-refractivity contribution in [1.82, 2.24) is 4.90 Å². The lowest BCUT2D eigenvalue weighted by atomic mass is 10.1. The van der Waals surface area contributed by atoms with E-state index in [1.54, 1.807) is 0 Å². The highest BCUT2D eigenvalue weighted by Gasteiger charge is 2.63. The highest BCUT2D eigenvalue weighted by Crippen LogP contribution is 2.57. The maximum Gasteiger partial charge on any atom is 0.396 e. The third-order valence-corrected chi connectivity index (χ3v) is 4.28. The molecule has 2 rings (SSSR count). The summed E-state index contributed by atoms with van der Waals surface area (Å²) < 4.78 is 38.0. The second-order valence-electron chi connectivity index (χ2n) is 4.55. The van der Waals surface area contributed by atoms with Crippen molar-refractivity contribution < 1.29 is 13.2 Å². The molecule has 3 nitrogen and oxygen atoms in total. The number of guanidine groups is 1. The van der Waals surface area contributed by atoms with Crippen molar-refractivity contribution >= 4 is 41.7 Å². The van der Waals surface area contributed by atoms with Crippen LogP contribution in [-0.2, 0) is 0 Å². The molecule has 0 spiro atoms. The van der Waals surface area contributed by atoms with Gasteiger partial charge in [-0.3, -0.25) is 4.99 Å². The Kier molecular flexibility index (Phi) is 5.45. The molecule has 0 bridgehead atoms. The predicted molar refractivity (Wildman–Crippen MR) is 78.5 cm³/mol. The molecule has 18 heavy (non-hydrogen) atoms. The van der Waals surface area contributed by atoms with Gasteiger partial charge in [0.2, 0.25) is 0 Å². The van der Waals surface area contributed by atoms with Crippen LogP contribution in [0.3, 0.4) is 0 Å². The van der Waals surface area contributed by atoms with Crippen LogP contribution in [0.2, 0.25) is 0 Å². The molecule has 0 aromatic heterocycles. The summed E-state index contributed by atoms with van der Waals surface area (Å²) in [5.74, 6) is 2.18. The van der Waals surface area contributed by atoms with Crippen LogP contribution in [0.4, 0.5) is 13.2 Å². The number of hydrogen-bond acceptors (Lipinski definition) is 2. The first-order valence-corrected chi connectivity index (χ1v) is 6.79. The van der Waals surface area contributed by atoms with Crippen molar-refractivity contribution in [3.05, 3.63) is 0 Å². The van der Waals surface area contributed by atoms with Crippen molar-refractivity contribution in [3.63, 3.8) is 0 Å². The maximum absolute atomic E-state index is 12.7. The first-order valence-electron chi connectivity index (χ1n) is 5.64. The van der Waals surface area contributed by atoms with E-state index in [9.17, 15) is 13.2 Å². The molecule has 0 amide bonds. The van der Waals surface area contributed by atoms with Crippen LogP contribution in [0.15, 0.2) is 4.99 Å². The van der Waals surface area contributed by atoms with Gasteiger partial charge in [-0.15, -0.1) is 24.0 Å². The molecule has 0 aromatic carbocycles. The molecule has 1 aliphatic heterocycles. The summed E-state index contributed by atoms with van der Waals surface area (Å²) in [6.07, 6.45) is -3.78. The van der Waals surface area contributed by atoms with Gasteiger partial charge in [0.15, 0.2) is 5.96 Å². The lowest BCUT2D eigenvalue weighted by Crippen LogP contribution is -2.43. The summed E-state index contributed by atoms with van der Waals surface area (Å²) in [4.78, 5) is 5.80.